The normalized spacial score (nSPS) is 13.1. The molecule has 2 aromatic carbocycles. The highest BCUT2D eigenvalue weighted by Gasteiger charge is 2.28. The molecule has 7 heteroatoms. The molecule has 0 saturated carbocycles. The van der Waals surface area contributed by atoms with Crippen LogP contribution in [0.1, 0.15) is 32.8 Å². The third kappa shape index (κ3) is 6.73. The van der Waals surface area contributed by atoms with Crippen molar-refractivity contribution < 1.29 is 17.6 Å². The quantitative estimate of drug-likeness (QED) is 0.707. The third-order valence-corrected chi connectivity index (χ3v) is 5.70. The van der Waals surface area contributed by atoms with E-state index in [4.69, 9.17) is 0 Å². The van der Waals surface area contributed by atoms with Crippen LogP contribution in [-0.2, 0) is 21.2 Å². The van der Waals surface area contributed by atoms with Crippen molar-refractivity contribution in [3.8, 4) is 0 Å². The van der Waals surface area contributed by atoms with Gasteiger partial charge in [0.25, 0.3) is 0 Å². The number of sulfonamides is 1. The smallest absolute Gasteiger partial charge is 0.244 e. The Morgan fingerprint density at radius 3 is 2.25 bits per heavy atom. The fourth-order valence-electron chi connectivity index (χ4n) is 2.64. The van der Waals surface area contributed by atoms with Crippen molar-refractivity contribution in [2.45, 2.75) is 44.6 Å². The number of hydrogen-bond donors (Lipinski definition) is 2. The van der Waals surface area contributed by atoms with Crippen molar-refractivity contribution in [2.24, 2.45) is 5.41 Å². The van der Waals surface area contributed by atoms with E-state index < -0.39 is 32.7 Å². The van der Waals surface area contributed by atoms with Crippen LogP contribution in [0.3, 0.4) is 0 Å². The number of carbonyl (C=O) groups excluding carboxylic acids is 1. The summed E-state index contributed by atoms with van der Waals surface area (Å²) < 4.78 is 41.7. The molecule has 0 bridgehead atoms. The molecule has 0 unspecified atom stereocenters. The van der Waals surface area contributed by atoms with Crippen LogP contribution in [-0.4, -0.2) is 26.9 Å². The van der Waals surface area contributed by atoms with Crippen LogP contribution in [0.15, 0.2) is 59.5 Å². The lowest BCUT2D eigenvalue weighted by Crippen LogP contribution is -2.48. The molecular formula is C21H27FN2O3S. The molecule has 2 N–H and O–H groups in total. The van der Waals surface area contributed by atoms with Crippen molar-refractivity contribution in [3.63, 3.8) is 0 Å². The molecule has 152 valence electrons. The Balaban J connectivity index is 2.20. The van der Waals surface area contributed by atoms with Gasteiger partial charge < -0.3 is 5.32 Å². The van der Waals surface area contributed by atoms with Crippen molar-refractivity contribution in [3.05, 3.63) is 66.0 Å². The summed E-state index contributed by atoms with van der Waals surface area (Å²) >= 11 is 0. The summed E-state index contributed by atoms with van der Waals surface area (Å²) in [6.45, 7) is 6.60. The number of halogens is 1. The van der Waals surface area contributed by atoms with Gasteiger partial charge in [-0.1, -0.05) is 63.2 Å². The Morgan fingerprint density at radius 2 is 1.64 bits per heavy atom. The van der Waals surface area contributed by atoms with Crippen LogP contribution in [0, 0.1) is 11.2 Å². The van der Waals surface area contributed by atoms with Gasteiger partial charge in [-0.2, -0.15) is 4.72 Å². The van der Waals surface area contributed by atoms with E-state index >= 15 is 0 Å². The minimum Gasteiger partial charge on any atom is -0.355 e. The van der Waals surface area contributed by atoms with Gasteiger partial charge in [0.05, 0.1) is 0 Å². The number of carbonyl (C=O) groups is 1. The Morgan fingerprint density at radius 1 is 1.04 bits per heavy atom. The Bertz CT molecular complexity index is 893. The van der Waals surface area contributed by atoms with Gasteiger partial charge in [0.2, 0.25) is 15.9 Å². The predicted molar refractivity (Wildman–Crippen MR) is 108 cm³/mol. The zero-order valence-electron chi connectivity index (χ0n) is 16.4. The molecule has 0 heterocycles. The monoisotopic (exact) mass is 406 g/mol. The zero-order chi connectivity index (χ0) is 20.8. The second kappa shape index (κ2) is 9.30. The van der Waals surface area contributed by atoms with E-state index in [9.17, 15) is 17.6 Å². The van der Waals surface area contributed by atoms with Crippen LogP contribution in [0.2, 0.25) is 0 Å². The van der Waals surface area contributed by atoms with Crippen LogP contribution in [0.5, 0.6) is 0 Å². The molecule has 0 saturated heterocycles. The van der Waals surface area contributed by atoms with E-state index in [1.54, 1.807) is 0 Å². The SMILES string of the molecule is CC(C)(C)CCNC(=O)[C@H](Cc1ccccc1)NS(=O)(=O)c1ccccc1F. The fraction of sp³-hybridized carbons (Fsp3) is 0.381. The highest BCUT2D eigenvalue weighted by atomic mass is 32.2. The molecule has 2 aromatic rings. The molecule has 1 atom stereocenters. The Labute approximate surface area is 166 Å². The first-order valence-electron chi connectivity index (χ1n) is 9.17. The Kier molecular flexibility index (Phi) is 7.32. The third-order valence-electron chi connectivity index (χ3n) is 4.20. The first-order chi connectivity index (χ1) is 13.1. The van der Waals surface area contributed by atoms with Gasteiger partial charge in [0.15, 0.2) is 0 Å². The first kappa shape index (κ1) is 22.0. The number of amides is 1. The van der Waals surface area contributed by atoms with Gasteiger partial charge in [-0.25, -0.2) is 12.8 Å². The number of nitrogens with one attached hydrogen (secondary N) is 2. The summed E-state index contributed by atoms with van der Waals surface area (Å²) in [6, 6.07) is 13.1. The fourth-order valence-corrected chi connectivity index (χ4v) is 3.91. The maximum absolute atomic E-state index is 14.0. The molecule has 2 rings (SSSR count). The second-order valence-corrected chi connectivity index (χ2v) is 9.58. The predicted octanol–water partition coefficient (Wildman–Crippen LogP) is 3.27. The van der Waals surface area contributed by atoms with Crippen molar-refractivity contribution in [2.75, 3.05) is 6.54 Å². The molecule has 0 spiro atoms. The van der Waals surface area contributed by atoms with Crippen LogP contribution in [0.25, 0.3) is 0 Å². The zero-order valence-corrected chi connectivity index (χ0v) is 17.2. The molecule has 0 aromatic heterocycles. The van der Waals surface area contributed by atoms with Crippen LogP contribution < -0.4 is 10.0 Å². The van der Waals surface area contributed by atoms with E-state index in [2.05, 4.69) is 30.8 Å². The van der Waals surface area contributed by atoms with Gasteiger partial charge in [-0.15, -0.1) is 0 Å². The molecule has 0 aliphatic carbocycles. The summed E-state index contributed by atoms with van der Waals surface area (Å²) in [5.41, 5.74) is 0.837. The molecule has 5 nitrogen and oxygen atoms in total. The minimum absolute atomic E-state index is 0.0366. The van der Waals surface area contributed by atoms with Crippen molar-refractivity contribution >= 4 is 15.9 Å². The average molecular weight is 407 g/mol. The van der Waals surface area contributed by atoms with E-state index in [-0.39, 0.29) is 11.8 Å². The van der Waals surface area contributed by atoms with Gasteiger partial charge in [0.1, 0.15) is 16.8 Å². The number of rotatable bonds is 8. The summed E-state index contributed by atoms with van der Waals surface area (Å²) in [4.78, 5) is 12.2. The highest BCUT2D eigenvalue weighted by Crippen LogP contribution is 2.17. The summed E-state index contributed by atoms with van der Waals surface area (Å²) in [7, 11) is -4.19. The molecule has 28 heavy (non-hydrogen) atoms. The molecule has 0 aliphatic rings. The van der Waals surface area contributed by atoms with Crippen LogP contribution >= 0.6 is 0 Å². The number of hydrogen-bond acceptors (Lipinski definition) is 3. The lowest BCUT2D eigenvalue weighted by atomic mass is 9.92. The van der Waals surface area contributed by atoms with E-state index in [1.165, 1.54) is 18.2 Å². The van der Waals surface area contributed by atoms with E-state index in [1.807, 2.05) is 30.3 Å². The van der Waals surface area contributed by atoms with Crippen molar-refractivity contribution in [1.82, 2.24) is 10.0 Å². The maximum atomic E-state index is 14.0. The van der Waals surface area contributed by atoms with Crippen LogP contribution in [0.4, 0.5) is 4.39 Å². The lowest BCUT2D eigenvalue weighted by Gasteiger charge is -2.21. The Hall–Kier alpha value is -2.25. The summed E-state index contributed by atoms with van der Waals surface area (Å²) in [5, 5.41) is 2.79. The van der Waals surface area contributed by atoms with Gasteiger partial charge in [0, 0.05) is 6.54 Å². The molecule has 0 fully saturated rings. The van der Waals surface area contributed by atoms with Gasteiger partial charge in [-0.3, -0.25) is 4.79 Å². The van der Waals surface area contributed by atoms with Crippen molar-refractivity contribution in [1.29, 1.82) is 0 Å². The second-order valence-electron chi connectivity index (χ2n) is 7.90. The highest BCUT2D eigenvalue weighted by molar-refractivity contribution is 7.89. The molecule has 0 radical (unpaired) electrons. The average Bonchev–Trinajstić information content (AvgIpc) is 2.61. The maximum Gasteiger partial charge on any atom is 0.244 e. The minimum atomic E-state index is -4.19. The standard InChI is InChI=1S/C21H27FN2O3S/c1-21(2,3)13-14-23-20(25)18(15-16-9-5-4-6-10-16)24-28(26,27)19-12-8-7-11-17(19)22/h4-12,18,24H,13-15H2,1-3H3,(H,23,25)/t18-/m0/s1. The molecular weight excluding hydrogens is 379 g/mol. The topological polar surface area (TPSA) is 75.3 Å². The molecule has 1 amide bonds. The van der Waals surface area contributed by atoms with E-state index in [0.717, 1.165) is 18.1 Å². The summed E-state index contributed by atoms with van der Waals surface area (Å²) in [5.74, 6) is -1.30. The molecule has 0 aliphatic heterocycles. The van der Waals surface area contributed by atoms with Gasteiger partial charge >= 0.3 is 0 Å². The summed E-state index contributed by atoms with van der Waals surface area (Å²) in [6.07, 6.45) is 0.909. The first-order valence-corrected chi connectivity index (χ1v) is 10.7. The number of benzene rings is 2. The van der Waals surface area contributed by atoms with Gasteiger partial charge in [-0.05, 0) is 36.0 Å². The largest absolute Gasteiger partial charge is 0.355 e. The van der Waals surface area contributed by atoms with E-state index in [0.29, 0.717) is 6.54 Å². The lowest BCUT2D eigenvalue weighted by molar-refractivity contribution is -0.122.